The van der Waals surface area contributed by atoms with Crippen LogP contribution in [0.2, 0.25) is 15.1 Å². The maximum atomic E-state index is 13.7. The number of benzene rings is 2. The van der Waals surface area contributed by atoms with Gasteiger partial charge in [-0.3, -0.25) is 4.79 Å². The topological polar surface area (TPSA) is 61.4 Å². The summed E-state index contributed by atoms with van der Waals surface area (Å²) in [4.78, 5) is 11.5. The number of hydrogen-bond donors (Lipinski definition) is 3. The summed E-state index contributed by atoms with van der Waals surface area (Å²) in [6, 6.07) is 8.29. The minimum absolute atomic E-state index is 0.0974. The molecule has 4 nitrogen and oxygen atoms in total. The van der Waals surface area contributed by atoms with Crippen LogP contribution >= 0.6 is 46.6 Å². The van der Waals surface area contributed by atoms with Crippen molar-refractivity contribution in [2.75, 3.05) is 23.9 Å². The highest BCUT2D eigenvalue weighted by Crippen LogP contribution is 2.43. The molecule has 2 rings (SSSR count). The summed E-state index contributed by atoms with van der Waals surface area (Å²) < 4.78 is 41.1. The van der Waals surface area contributed by atoms with E-state index < -0.39 is 23.9 Å². The van der Waals surface area contributed by atoms with Crippen LogP contribution in [0.25, 0.3) is 0 Å². The lowest BCUT2D eigenvalue weighted by Crippen LogP contribution is -2.47. The predicted octanol–water partition coefficient (Wildman–Crippen LogP) is 5.49. The van der Waals surface area contributed by atoms with Gasteiger partial charge in [-0.2, -0.15) is 24.9 Å². The third-order valence-electron chi connectivity index (χ3n) is 4.20. The van der Waals surface area contributed by atoms with Gasteiger partial charge in [0, 0.05) is 12.2 Å². The Morgan fingerprint density at radius 1 is 1.10 bits per heavy atom. The molecule has 1 atom stereocenters. The highest BCUT2D eigenvalue weighted by atomic mass is 35.5. The van der Waals surface area contributed by atoms with Crippen LogP contribution in [0, 0.1) is 0 Å². The van der Waals surface area contributed by atoms with Crippen LogP contribution in [0.3, 0.4) is 0 Å². The first kappa shape index (κ1) is 24.9. The molecule has 0 spiro atoms. The number of hydrogen-bond acceptors (Lipinski definition) is 4. The first-order chi connectivity index (χ1) is 14.0. The molecular weight excluding hydrogens is 484 g/mol. The number of carbonyl (C=O) groups excluding carboxylic acids is 1. The summed E-state index contributed by atoms with van der Waals surface area (Å²) in [5.41, 5.74) is -2.66. The van der Waals surface area contributed by atoms with Gasteiger partial charge in [-0.15, -0.1) is 0 Å². The van der Waals surface area contributed by atoms with E-state index in [0.717, 1.165) is 17.7 Å². The van der Waals surface area contributed by atoms with E-state index in [0.29, 0.717) is 18.0 Å². The number of aliphatic hydroxyl groups is 1. The summed E-state index contributed by atoms with van der Waals surface area (Å²) in [6.45, 7) is -0.581. The van der Waals surface area contributed by atoms with Crippen molar-refractivity contribution < 1.29 is 23.1 Å². The van der Waals surface area contributed by atoms with Crippen LogP contribution in [0.4, 0.5) is 18.9 Å². The standard InChI is InChI=1S/C19H18Cl3F3N2O2S/c1-30-9-16(28)26-8-11-2-4-13(5-3-11)27-10-18(29,19(23,24)25)12-6-14(20)17(22)15(21)7-12/h2-7,27,29H,8-10H2,1H3,(H,26,28)/t18-/m1/s1. The lowest BCUT2D eigenvalue weighted by atomic mass is 9.92. The van der Waals surface area contributed by atoms with Gasteiger partial charge in [-0.05, 0) is 41.6 Å². The monoisotopic (exact) mass is 500 g/mol. The van der Waals surface area contributed by atoms with E-state index in [9.17, 15) is 23.1 Å². The molecule has 0 saturated carbocycles. The van der Waals surface area contributed by atoms with Gasteiger partial charge in [0.05, 0.1) is 27.4 Å². The number of nitrogens with one attached hydrogen (secondary N) is 2. The summed E-state index contributed by atoms with van der Waals surface area (Å²) in [5, 5.41) is 15.3. The van der Waals surface area contributed by atoms with Crippen molar-refractivity contribution in [3.05, 3.63) is 62.6 Å². The number of anilines is 1. The van der Waals surface area contributed by atoms with Gasteiger partial charge in [0.25, 0.3) is 0 Å². The molecule has 0 aromatic heterocycles. The zero-order chi connectivity index (χ0) is 22.5. The Morgan fingerprint density at radius 2 is 1.67 bits per heavy atom. The van der Waals surface area contributed by atoms with Crippen LogP contribution in [-0.4, -0.2) is 35.7 Å². The van der Waals surface area contributed by atoms with Crippen molar-refractivity contribution in [1.29, 1.82) is 0 Å². The molecule has 0 bridgehead atoms. The molecule has 30 heavy (non-hydrogen) atoms. The number of amides is 1. The normalized spacial score (nSPS) is 13.6. The smallest absolute Gasteiger partial charge is 0.381 e. The summed E-state index contributed by atoms with van der Waals surface area (Å²) >= 11 is 18.9. The fraction of sp³-hybridized carbons (Fsp3) is 0.316. The molecule has 1 amide bonds. The summed E-state index contributed by atoms with van der Waals surface area (Å²) in [5.74, 6) is 0.231. The van der Waals surface area contributed by atoms with Crippen LogP contribution < -0.4 is 10.6 Å². The fourth-order valence-electron chi connectivity index (χ4n) is 2.51. The zero-order valence-electron chi connectivity index (χ0n) is 15.6. The minimum Gasteiger partial charge on any atom is -0.381 e. The molecule has 0 radical (unpaired) electrons. The Labute approximate surface area is 191 Å². The molecule has 0 heterocycles. The Bertz CT molecular complexity index is 875. The minimum atomic E-state index is -5.01. The summed E-state index contributed by atoms with van der Waals surface area (Å²) in [6.07, 6.45) is -3.20. The molecule has 3 N–H and O–H groups in total. The lowest BCUT2D eigenvalue weighted by Gasteiger charge is -2.32. The number of alkyl halides is 3. The second kappa shape index (κ2) is 10.3. The van der Waals surface area contributed by atoms with Crippen molar-refractivity contribution >= 4 is 58.2 Å². The molecular formula is C19H18Cl3F3N2O2S. The Hall–Kier alpha value is -1.32. The Balaban J connectivity index is 2.14. The van der Waals surface area contributed by atoms with Gasteiger partial charge in [0.2, 0.25) is 11.5 Å². The molecule has 2 aromatic carbocycles. The molecule has 0 aliphatic rings. The predicted molar refractivity (Wildman–Crippen MR) is 117 cm³/mol. The zero-order valence-corrected chi connectivity index (χ0v) is 18.7. The molecule has 0 fully saturated rings. The van der Waals surface area contributed by atoms with Gasteiger partial charge >= 0.3 is 6.18 Å². The lowest BCUT2D eigenvalue weighted by molar-refractivity contribution is -0.260. The average molecular weight is 502 g/mol. The van der Waals surface area contributed by atoms with E-state index in [1.807, 2.05) is 6.26 Å². The second-order valence-corrected chi connectivity index (χ2v) is 8.43. The Morgan fingerprint density at radius 3 is 2.17 bits per heavy atom. The maximum absolute atomic E-state index is 13.7. The van der Waals surface area contributed by atoms with Crippen LogP contribution in [-0.2, 0) is 16.9 Å². The van der Waals surface area contributed by atoms with Crippen molar-refractivity contribution in [2.24, 2.45) is 0 Å². The van der Waals surface area contributed by atoms with E-state index in [4.69, 9.17) is 34.8 Å². The first-order valence-electron chi connectivity index (χ1n) is 8.50. The van der Waals surface area contributed by atoms with Crippen LogP contribution in [0.15, 0.2) is 36.4 Å². The number of halogens is 6. The molecule has 0 saturated heterocycles. The van der Waals surface area contributed by atoms with E-state index in [-0.39, 0.29) is 21.0 Å². The quantitative estimate of drug-likeness (QED) is 0.419. The number of rotatable bonds is 8. The van der Waals surface area contributed by atoms with E-state index in [1.165, 1.54) is 11.8 Å². The van der Waals surface area contributed by atoms with Crippen molar-refractivity contribution in [2.45, 2.75) is 18.3 Å². The van der Waals surface area contributed by atoms with Gasteiger partial charge in [0.1, 0.15) is 0 Å². The van der Waals surface area contributed by atoms with E-state index >= 15 is 0 Å². The molecule has 0 unspecified atom stereocenters. The second-order valence-electron chi connectivity index (χ2n) is 6.37. The highest BCUT2D eigenvalue weighted by molar-refractivity contribution is 7.99. The van der Waals surface area contributed by atoms with Crippen molar-refractivity contribution in [3.8, 4) is 0 Å². The third kappa shape index (κ3) is 6.11. The molecule has 0 aliphatic carbocycles. The van der Waals surface area contributed by atoms with E-state index in [2.05, 4.69) is 10.6 Å². The van der Waals surface area contributed by atoms with Gasteiger partial charge in [-0.1, -0.05) is 46.9 Å². The molecule has 164 valence electrons. The fourth-order valence-corrected chi connectivity index (χ4v) is 3.47. The SMILES string of the molecule is CSCC(=O)NCc1ccc(NC[C@@](O)(c2cc(Cl)c(Cl)c(Cl)c2)C(F)(F)F)cc1. The average Bonchev–Trinajstić information content (AvgIpc) is 2.68. The molecule has 2 aromatic rings. The van der Waals surface area contributed by atoms with E-state index in [1.54, 1.807) is 24.3 Å². The third-order valence-corrected chi connectivity index (χ3v) is 5.95. The number of carbonyl (C=O) groups is 1. The van der Waals surface area contributed by atoms with Crippen LogP contribution in [0.1, 0.15) is 11.1 Å². The van der Waals surface area contributed by atoms with Crippen molar-refractivity contribution in [1.82, 2.24) is 5.32 Å². The van der Waals surface area contributed by atoms with Crippen molar-refractivity contribution in [3.63, 3.8) is 0 Å². The molecule has 11 heteroatoms. The number of thioether (sulfide) groups is 1. The van der Waals surface area contributed by atoms with Gasteiger partial charge in [0.15, 0.2) is 0 Å². The largest absolute Gasteiger partial charge is 0.423 e. The summed E-state index contributed by atoms with van der Waals surface area (Å²) in [7, 11) is 0. The van der Waals surface area contributed by atoms with Crippen LogP contribution in [0.5, 0.6) is 0 Å². The molecule has 0 aliphatic heterocycles. The maximum Gasteiger partial charge on any atom is 0.423 e. The highest BCUT2D eigenvalue weighted by Gasteiger charge is 2.55. The van der Waals surface area contributed by atoms with Gasteiger partial charge in [-0.25, -0.2) is 0 Å². The first-order valence-corrected chi connectivity index (χ1v) is 11.0. The Kier molecular flexibility index (Phi) is 8.59. The van der Waals surface area contributed by atoms with Gasteiger partial charge < -0.3 is 15.7 Å².